The molecule has 1 N–H and O–H groups in total. The van der Waals surface area contributed by atoms with Gasteiger partial charge in [0.1, 0.15) is 5.76 Å². The number of hydrogen-bond acceptors (Lipinski definition) is 5. The summed E-state index contributed by atoms with van der Waals surface area (Å²) >= 11 is 0. The first-order valence-electron chi connectivity index (χ1n) is 10.2. The van der Waals surface area contributed by atoms with Crippen LogP contribution in [0.1, 0.15) is 30.4 Å². The van der Waals surface area contributed by atoms with Crippen LogP contribution < -0.4 is 5.32 Å². The highest BCUT2D eigenvalue weighted by molar-refractivity contribution is 7.89. The molecule has 0 aromatic heterocycles. The summed E-state index contributed by atoms with van der Waals surface area (Å²) in [5, 5.41) is 2.09. The number of nitrogens with zero attached hydrogens (tertiary/aromatic N) is 2. The predicted octanol–water partition coefficient (Wildman–Crippen LogP) is 2.51. The van der Waals surface area contributed by atoms with Crippen molar-refractivity contribution in [2.24, 2.45) is 0 Å². The van der Waals surface area contributed by atoms with E-state index in [0.29, 0.717) is 26.1 Å². The Bertz CT molecular complexity index is 988. The summed E-state index contributed by atoms with van der Waals surface area (Å²) in [7, 11) is -3.43. The lowest BCUT2D eigenvalue weighted by atomic mass is 10.0. The SMILES string of the molecule is O=C(COC1=CCNc2c1cccc2C(F)(F)F)N1CCC(S(=O)(=O)N2CCCC2)C1. The Morgan fingerprint density at radius 2 is 1.94 bits per heavy atom. The number of hydrogen-bond donors (Lipinski definition) is 1. The number of anilines is 1. The zero-order chi connectivity index (χ0) is 22.2. The van der Waals surface area contributed by atoms with Crippen molar-refractivity contribution < 1.29 is 31.1 Å². The molecule has 1 aromatic carbocycles. The number of ether oxygens (including phenoxy) is 1. The second kappa shape index (κ2) is 8.34. The maximum atomic E-state index is 13.3. The molecule has 1 aromatic rings. The molecule has 1 amide bonds. The average Bonchev–Trinajstić information content (AvgIpc) is 3.43. The van der Waals surface area contributed by atoms with Crippen molar-refractivity contribution in [2.45, 2.75) is 30.7 Å². The predicted molar refractivity (Wildman–Crippen MR) is 109 cm³/mol. The minimum atomic E-state index is -4.51. The van der Waals surface area contributed by atoms with Crippen molar-refractivity contribution in [2.75, 3.05) is 44.6 Å². The fourth-order valence-electron chi connectivity index (χ4n) is 4.26. The smallest absolute Gasteiger partial charge is 0.418 e. The van der Waals surface area contributed by atoms with E-state index in [4.69, 9.17) is 4.74 Å². The van der Waals surface area contributed by atoms with Gasteiger partial charge in [0.25, 0.3) is 5.91 Å². The first-order chi connectivity index (χ1) is 14.7. The van der Waals surface area contributed by atoms with Gasteiger partial charge >= 0.3 is 6.18 Å². The molecule has 0 bridgehead atoms. The summed E-state index contributed by atoms with van der Waals surface area (Å²) in [4.78, 5) is 14.0. The number of halogens is 3. The molecule has 1 unspecified atom stereocenters. The molecule has 0 radical (unpaired) electrons. The Hall–Kier alpha value is -2.27. The highest BCUT2D eigenvalue weighted by atomic mass is 32.2. The van der Waals surface area contributed by atoms with E-state index in [1.807, 2.05) is 0 Å². The Morgan fingerprint density at radius 1 is 1.19 bits per heavy atom. The lowest BCUT2D eigenvalue weighted by Gasteiger charge is -2.24. The summed E-state index contributed by atoms with van der Waals surface area (Å²) in [6.07, 6.45) is -0.856. The van der Waals surface area contributed by atoms with Gasteiger partial charge in [0, 0.05) is 38.3 Å². The van der Waals surface area contributed by atoms with Gasteiger partial charge in [-0.25, -0.2) is 12.7 Å². The van der Waals surface area contributed by atoms with Crippen LogP contribution >= 0.6 is 0 Å². The number of fused-ring (bicyclic) bond motifs is 1. The molecule has 7 nitrogen and oxygen atoms in total. The summed E-state index contributed by atoms with van der Waals surface area (Å²) in [5.74, 6) is -0.180. The van der Waals surface area contributed by atoms with Crippen LogP contribution in [0.15, 0.2) is 24.3 Å². The molecule has 170 valence electrons. The van der Waals surface area contributed by atoms with Gasteiger partial charge in [-0.05, 0) is 37.5 Å². The highest BCUT2D eigenvalue weighted by Crippen LogP contribution is 2.40. The number of rotatable bonds is 5. The molecule has 4 rings (SSSR count). The number of carbonyl (C=O) groups is 1. The first-order valence-corrected chi connectivity index (χ1v) is 11.7. The standard InChI is InChI=1S/C20H24F3N3O4S/c21-20(22,23)16-5-3-4-15-17(6-8-24-19(15)16)30-13-18(27)25-11-7-14(12-25)31(28,29)26-9-1-2-10-26/h3-6,14,24H,1-2,7-13H2. The molecule has 1 atom stereocenters. The normalized spacial score (nSPS) is 22.1. The molecule has 2 fully saturated rings. The second-order valence-electron chi connectivity index (χ2n) is 7.87. The van der Waals surface area contributed by atoms with Crippen molar-refractivity contribution in [3.05, 3.63) is 35.4 Å². The Balaban J connectivity index is 1.39. The summed E-state index contributed by atoms with van der Waals surface area (Å²) in [6.45, 7) is 1.25. The third-order valence-electron chi connectivity index (χ3n) is 5.90. The van der Waals surface area contributed by atoms with E-state index in [1.165, 1.54) is 21.3 Å². The number of nitrogens with one attached hydrogen (secondary N) is 1. The molecule has 0 spiro atoms. The first kappa shape index (κ1) is 21.9. The van der Waals surface area contributed by atoms with Gasteiger partial charge in [-0.1, -0.05) is 6.07 Å². The number of para-hydroxylation sites is 1. The maximum Gasteiger partial charge on any atom is 0.418 e. The fourth-order valence-corrected chi connectivity index (χ4v) is 6.22. The number of alkyl halides is 3. The van der Waals surface area contributed by atoms with Gasteiger partial charge in [0.2, 0.25) is 10.0 Å². The van der Waals surface area contributed by atoms with Crippen LogP contribution in [0.25, 0.3) is 5.76 Å². The number of carbonyl (C=O) groups excluding carboxylic acids is 1. The summed E-state index contributed by atoms with van der Waals surface area (Å²) in [5.41, 5.74) is -0.622. The van der Waals surface area contributed by atoms with Crippen LogP contribution in [0.3, 0.4) is 0 Å². The molecule has 31 heavy (non-hydrogen) atoms. The third-order valence-corrected chi connectivity index (χ3v) is 8.21. The van der Waals surface area contributed by atoms with Gasteiger partial charge < -0.3 is 15.0 Å². The second-order valence-corrected chi connectivity index (χ2v) is 10.1. The zero-order valence-electron chi connectivity index (χ0n) is 16.8. The molecule has 3 aliphatic rings. The molecular formula is C20H24F3N3O4S. The summed E-state index contributed by atoms with van der Waals surface area (Å²) in [6, 6.07) is 3.79. The Labute approximate surface area is 178 Å². The molecule has 0 saturated carbocycles. The van der Waals surface area contributed by atoms with Crippen LogP contribution in [0.2, 0.25) is 0 Å². The topological polar surface area (TPSA) is 79.0 Å². The quantitative estimate of drug-likeness (QED) is 0.732. The number of amides is 1. The van der Waals surface area contributed by atoms with Gasteiger partial charge in [-0.15, -0.1) is 0 Å². The number of likely N-dealkylation sites (tertiary alicyclic amines) is 1. The molecule has 3 aliphatic heterocycles. The number of benzene rings is 1. The minimum absolute atomic E-state index is 0.0714. The van der Waals surface area contributed by atoms with Crippen molar-refractivity contribution in [1.29, 1.82) is 0 Å². The van der Waals surface area contributed by atoms with Crippen molar-refractivity contribution in [1.82, 2.24) is 9.21 Å². The van der Waals surface area contributed by atoms with Crippen LogP contribution in [0.5, 0.6) is 0 Å². The van der Waals surface area contributed by atoms with Crippen LogP contribution in [0, 0.1) is 0 Å². The molecular weight excluding hydrogens is 435 g/mol. The molecule has 11 heteroatoms. The Kier molecular flexibility index (Phi) is 5.91. The third kappa shape index (κ3) is 4.38. The largest absolute Gasteiger partial charge is 0.483 e. The molecule has 0 aliphatic carbocycles. The average molecular weight is 459 g/mol. The van der Waals surface area contributed by atoms with E-state index < -0.39 is 27.0 Å². The van der Waals surface area contributed by atoms with Crippen LogP contribution in [-0.4, -0.2) is 68.1 Å². The van der Waals surface area contributed by atoms with E-state index in [-0.39, 0.29) is 42.6 Å². The molecule has 2 saturated heterocycles. The number of sulfonamides is 1. The van der Waals surface area contributed by atoms with Gasteiger partial charge in [0.15, 0.2) is 6.61 Å². The molecule has 3 heterocycles. The highest BCUT2D eigenvalue weighted by Gasteiger charge is 2.40. The lowest BCUT2D eigenvalue weighted by molar-refractivity contribution is -0.137. The van der Waals surface area contributed by atoms with Gasteiger partial charge in [-0.3, -0.25) is 4.79 Å². The van der Waals surface area contributed by atoms with Gasteiger partial charge in [0.05, 0.1) is 16.5 Å². The Morgan fingerprint density at radius 3 is 2.65 bits per heavy atom. The van der Waals surface area contributed by atoms with Crippen molar-refractivity contribution >= 4 is 27.4 Å². The fraction of sp³-hybridized carbons (Fsp3) is 0.550. The lowest BCUT2D eigenvalue weighted by Crippen LogP contribution is -2.40. The van der Waals surface area contributed by atoms with Crippen LogP contribution in [-0.2, 0) is 25.7 Å². The monoisotopic (exact) mass is 459 g/mol. The van der Waals surface area contributed by atoms with E-state index in [9.17, 15) is 26.4 Å². The van der Waals surface area contributed by atoms with Gasteiger partial charge in [-0.2, -0.15) is 13.2 Å². The maximum absolute atomic E-state index is 13.3. The van der Waals surface area contributed by atoms with Crippen LogP contribution in [0.4, 0.5) is 18.9 Å². The zero-order valence-corrected chi connectivity index (χ0v) is 17.6. The van der Waals surface area contributed by atoms with E-state index in [0.717, 1.165) is 18.9 Å². The van der Waals surface area contributed by atoms with Crippen molar-refractivity contribution in [3.8, 4) is 0 Å². The van der Waals surface area contributed by atoms with E-state index in [1.54, 1.807) is 6.08 Å². The van der Waals surface area contributed by atoms with Crippen molar-refractivity contribution in [3.63, 3.8) is 0 Å². The summed E-state index contributed by atoms with van der Waals surface area (Å²) < 4.78 is 72.2. The van der Waals surface area contributed by atoms with E-state index in [2.05, 4.69) is 5.32 Å². The minimum Gasteiger partial charge on any atom is -0.483 e. The van der Waals surface area contributed by atoms with E-state index >= 15 is 0 Å².